The largest absolute Gasteiger partial charge is 0.457 e. The number of nitrogens with zero attached hydrogens (tertiary/aromatic N) is 4. The molecule has 3 heterocycles. The average molecular weight is 801 g/mol. The molecule has 314 valence electrons. The highest BCUT2D eigenvalue weighted by atomic mass is 16.5. The van der Waals surface area contributed by atoms with Crippen LogP contribution in [0.5, 0.6) is 11.5 Å². The van der Waals surface area contributed by atoms with E-state index in [9.17, 15) is 0 Å². The predicted molar refractivity (Wildman–Crippen MR) is 255 cm³/mol. The van der Waals surface area contributed by atoms with Crippen molar-refractivity contribution in [3.05, 3.63) is 130 Å². The van der Waals surface area contributed by atoms with Gasteiger partial charge in [-0.25, -0.2) is 9.67 Å². The third-order valence-electron chi connectivity index (χ3n) is 11.9. The van der Waals surface area contributed by atoms with Crippen LogP contribution in [0.1, 0.15) is 149 Å². The molecule has 0 atom stereocenters. The van der Waals surface area contributed by atoms with Crippen LogP contribution in [0.15, 0.2) is 91.1 Å². The predicted octanol–water partition coefficient (Wildman–Crippen LogP) is 15.3. The number of hydrogen-bond donors (Lipinski definition) is 0. The van der Waals surface area contributed by atoms with Gasteiger partial charge in [-0.15, -0.1) is 0 Å². The minimum atomic E-state index is -0.00960. The van der Waals surface area contributed by atoms with Gasteiger partial charge in [0.05, 0.1) is 28.1 Å². The Morgan fingerprint density at radius 3 is 1.92 bits per heavy atom. The second kappa shape index (κ2) is 15.4. The Hall–Kier alpha value is -5.16. The molecule has 60 heavy (non-hydrogen) atoms. The van der Waals surface area contributed by atoms with Gasteiger partial charge in [0.2, 0.25) is 0 Å². The number of pyridine rings is 1. The van der Waals surface area contributed by atoms with Crippen LogP contribution < -0.4 is 4.74 Å². The van der Waals surface area contributed by atoms with Gasteiger partial charge in [-0.1, -0.05) is 134 Å². The summed E-state index contributed by atoms with van der Waals surface area (Å²) in [4.78, 5) is 4.90. The number of ether oxygens (including phenoxy) is 1. The fraction of sp³-hybridized carbons (Fsp3) is 0.418. The van der Waals surface area contributed by atoms with Gasteiger partial charge in [0.25, 0.3) is 0 Å². The van der Waals surface area contributed by atoms with E-state index in [1.165, 1.54) is 55.4 Å². The van der Waals surface area contributed by atoms with E-state index in [4.69, 9.17) is 14.8 Å². The fourth-order valence-electron chi connectivity index (χ4n) is 8.92. The van der Waals surface area contributed by atoms with Crippen LogP contribution >= 0.6 is 0 Å². The first-order chi connectivity index (χ1) is 27.9. The first-order valence-electron chi connectivity index (χ1n) is 22.0. The summed E-state index contributed by atoms with van der Waals surface area (Å²) in [7, 11) is 0. The van der Waals surface area contributed by atoms with Gasteiger partial charge in [-0.05, 0) is 123 Å². The lowest BCUT2D eigenvalue weighted by molar-refractivity contribution is 0.402. The van der Waals surface area contributed by atoms with Crippen molar-refractivity contribution in [3.63, 3.8) is 0 Å². The molecule has 0 amide bonds. The van der Waals surface area contributed by atoms with Crippen molar-refractivity contribution in [3.8, 4) is 34.1 Å². The molecule has 0 saturated heterocycles. The molecular formula is C55H68N4O. The first-order valence-corrected chi connectivity index (χ1v) is 22.0. The number of fused-ring (bicyclic) bond motifs is 3. The van der Waals surface area contributed by atoms with Crippen LogP contribution in [-0.4, -0.2) is 19.3 Å². The number of para-hydroxylation sites is 1. The highest BCUT2D eigenvalue weighted by Crippen LogP contribution is 2.43. The van der Waals surface area contributed by atoms with Crippen LogP contribution in [-0.2, 0) is 29.1 Å². The molecule has 0 fully saturated rings. The van der Waals surface area contributed by atoms with Crippen LogP contribution in [0.3, 0.4) is 0 Å². The van der Waals surface area contributed by atoms with E-state index in [-0.39, 0.29) is 27.6 Å². The Kier molecular flexibility index (Phi) is 11.0. The Morgan fingerprint density at radius 1 is 0.667 bits per heavy atom. The highest BCUT2D eigenvalue weighted by molar-refractivity contribution is 6.09. The van der Waals surface area contributed by atoms with Crippen molar-refractivity contribution >= 4 is 21.8 Å². The Morgan fingerprint density at radius 2 is 1.32 bits per heavy atom. The van der Waals surface area contributed by atoms with Crippen LogP contribution in [0.25, 0.3) is 44.4 Å². The number of hydrogen-bond acceptors (Lipinski definition) is 3. The summed E-state index contributed by atoms with van der Waals surface area (Å²) in [5.74, 6) is 2.70. The van der Waals surface area contributed by atoms with E-state index in [0.717, 1.165) is 52.6 Å². The van der Waals surface area contributed by atoms with Gasteiger partial charge in [0, 0.05) is 34.7 Å². The number of aromatic nitrogens is 4. The lowest BCUT2D eigenvalue weighted by atomic mass is 9.74. The Labute approximate surface area is 360 Å². The van der Waals surface area contributed by atoms with Gasteiger partial charge in [0.1, 0.15) is 17.3 Å². The molecule has 0 radical (unpaired) electrons. The van der Waals surface area contributed by atoms with Crippen molar-refractivity contribution in [2.24, 2.45) is 5.41 Å². The summed E-state index contributed by atoms with van der Waals surface area (Å²) in [6.45, 7) is 36.9. The first kappa shape index (κ1) is 42.9. The lowest BCUT2D eigenvalue weighted by Gasteiger charge is -2.30. The van der Waals surface area contributed by atoms with Crippen molar-refractivity contribution < 1.29 is 4.74 Å². The van der Waals surface area contributed by atoms with Gasteiger partial charge < -0.3 is 4.74 Å². The summed E-state index contributed by atoms with van der Waals surface area (Å²) in [5.41, 5.74) is 14.7. The van der Waals surface area contributed by atoms with Gasteiger partial charge in [-0.3, -0.25) is 4.57 Å². The summed E-state index contributed by atoms with van der Waals surface area (Å²) in [5, 5.41) is 7.92. The molecule has 0 aliphatic carbocycles. The van der Waals surface area contributed by atoms with E-state index < -0.39 is 0 Å². The minimum absolute atomic E-state index is 0.00435. The molecule has 0 bridgehead atoms. The number of rotatable bonds is 8. The summed E-state index contributed by atoms with van der Waals surface area (Å²) < 4.78 is 11.4. The molecular weight excluding hydrogens is 733 g/mol. The third kappa shape index (κ3) is 8.42. The van der Waals surface area contributed by atoms with Crippen LogP contribution in [0.4, 0.5) is 0 Å². The zero-order valence-corrected chi connectivity index (χ0v) is 39.3. The van der Waals surface area contributed by atoms with Crippen molar-refractivity contribution in [2.75, 3.05) is 0 Å². The minimum Gasteiger partial charge on any atom is -0.457 e. The van der Waals surface area contributed by atoms with Gasteiger partial charge in [-0.2, -0.15) is 5.10 Å². The van der Waals surface area contributed by atoms with Crippen molar-refractivity contribution in [1.29, 1.82) is 0 Å². The Bertz CT molecular complexity index is 2680. The van der Waals surface area contributed by atoms with E-state index >= 15 is 0 Å². The number of aryl methyl sites for hydroxylation is 1. The SMILES string of the molecule is CCc1cc(Oc2ccc3c4ccccc4n(-c4cc(C(C)(C)C)ccn4)c3c2)cc(-n2nc(C(C)C)c(-c3cc(C(C)(C)C)c(C)c(C(C)(C)C)c3)c2CC(C)(C)C)c1. The summed E-state index contributed by atoms with van der Waals surface area (Å²) in [6.07, 6.45) is 3.67. The van der Waals surface area contributed by atoms with Gasteiger partial charge in [0.15, 0.2) is 0 Å². The molecule has 0 N–H and O–H groups in total. The van der Waals surface area contributed by atoms with E-state index in [2.05, 4.69) is 205 Å². The monoisotopic (exact) mass is 801 g/mol. The molecule has 0 saturated carbocycles. The Balaban J connectivity index is 1.41. The smallest absolute Gasteiger partial charge is 0.137 e. The summed E-state index contributed by atoms with van der Waals surface area (Å²) >= 11 is 0. The number of benzene rings is 4. The molecule has 5 heteroatoms. The molecule has 0 aliphatic rings. The zero-order chi connectivity index (χ0) is 43.7. The topological polar surface area (TPSA) is 44.9 Å². The summed E-state index contributed by atoms with van der Waals surface area (Å²) in [6, 6.07) is 31.0. The molecule has 5 nitrogen and oxygen atoms in total. The van der Waals surface area contributed by atoms with Crippen LogP contribution in [0.2, 0.25) is 0 Å². The second-order valence-corrected chi connectivity index (χ2v) is 21.7. The van der Waals surface area contributed by atoms with Crippen molar-refractivity contribution in [2.45, 2.75) is 146 Å². The van der Waals surface area contributed by atoms with Gasteiger partial charge >= 0.3 is 0 Å². The average Bonchev–Trinajstić information content (AvgIpc) is 3.68. The lowest BCUT2D eigenvalue weighted by Crippen LogP contribution is -2.20. The molecule has 0 aliphatic heterocycles. The molecule has 4 aromatic carbocycles. The molecule has 0 spiro atoms. The molecule has 7 aromatic rings. The van der Waals surface area contributed by atoms with Crippen LogP contribution in [0, 0.1) is 12.3 Å². The maximum Gasteiger partial charge on any atom is 0.137 e. The standard InChI is InChI=1S/C55H68N4O/c1-17-36-26-39(59-48(33-52(5,6)7)50(51(57-59)34(2)3)37-28-44(54(11,12)13)35(4)45(29-37)55(14,15)16)31-41(27-36)60-40-22-23-43-42-20-18-19-21-46(42)58(47(43)32-40)49-30-38(24-25-56-49)53(8,9)10/h18-32,34H,17,33H2,1-16H3. The molecule has 0 unspecified atom stereocenters. The normalized spacial score (nSPS) is 12.9. The fourth-order valence-corrected chi connectivity index (χ4v) is 8.92. The quantitative estimate of drug-likeness (QED) is 0.154. The molecule has 7 rings (SSSR count). The zero-order valence-electron chi connectivity index (χ0n) is 39.3. The molecule has 3 aromatic heterocycles. The van der Waals surface area contributed by atoms with Crippen molar-refractivity contribution in [1.82, 2.24) is 19.3 Å². The van der Waals surface area contributed by atoms with E-state index in [1.807, 2.05) is 6.20 Å². The van der Waals surface area contributed by atoms with E-state index in [0.29, 0.717) is 0 Å². The maximum atomic E-state index is 6.91. The third-order valence-corrected chi connectivity index (χ3v) is 11.9. The van der Waals surface area contributed by atoms with E-state index in [1.54, 1.807) is 0 Å². The maximum absolute atomic E-state index is 6.91. The highest BCUT2D eigenvalue weighted by Gasteiger charge is 2.30. The second-order valence-electron chi connectivity index (χ2n) is 21.7.